The van der Waals surface area contributed by atoms with E-state index in [4.69, 9.17) is 5.73 Å². The Labute approximate surface area is 104 Å². The summed E-state index contributed by atoms with van der Waals surface area (Å²) in [6.45, 7) is 4.23. The third-order valence-electron chi connectivity index (χ3n) is 2.51. The van der Waals surface area contributed by atoms with Crippen molar-refractivity contribution in [3.05, 3.63) is 27.4 Å². The summed E-state index contributed by atoms with van der Waals surface area (Å²) in [6.07, 6.45) is 1.90. The summed E-state index contributed by atoms with van der Waals surface area (Å²) in [5.41, 5.74) is 7.02. The van der Waals surface area contributed by atoms with E-state index in [0.29, 0.717) is 0 Å². The van der Waals surface area contributed by atoms with Crippen LogP contribution in [0.2, 0.25) is 0 Å². The minimum absolute atomic E-state index is 0.240. The van der Waals surface area contributed by atoms with Gasteiger partial charge in [0.25, 0.3) is 0 Å². The van der Waals surface area contributed by atoms with Crippen LogP contribution >= 0.6 is 22.7 Å². The molecular weight excluding hydrogens is 236 g/mol. The number of rotatable bonds is 4. The predicted molar refractivity (Wildman–Crippen MR) is 72.1 cm³/mol. The Morgan fingerprint density at radius 3 is 2.88 bits per heavy atom. The summed E-state index contributed by atoms with van der Waals surface area (Å²) in [6, 6.07) is 4.51. The summed E-state index contributed by atoms with van der Waals surface area (Å²) in [5, 5.41) is 3.28. The molecule has 0 aliphatic carbocycles. The standard InChI is InChI=1S/C12H16N2S2/c1-3-9(13)6-12-14-10(7-15-12)11-5-4-8(2)16-11/h4-5,7,9H,3,6,13H2,1-2H3. The Morgan fingerprint density at radius 1 is 1.44 bits per heavy atom. The number of thiophene rings is 1. The second-order valence-electron chi connectivity index (χ2n) is 3.91. The molecule has 2 rings (SSSR count). The molecule has 1 unspecified atom stereocenters. The molecule has 0 aliphatic rings. The van der Waals surface area contributed by atoms with E-state index in [-0.39, 0.29) is 6.04 Å². The third-order valence-corrected chi connectivity index (χ3v) is 4.40. The van der Waals surface area contributed by atoms with Gasteiger partial charge < -0.3 is 5.73 Å². The molecule has 0 amide bonds. The molecular formula is C12H16N2S2. The maximum Gasteiger partial charge on any atom is 0.0948 e. The highest BCUT2D eigenvalue weighted by Crippen LogP contribution is 2.28. The van der Waals surface area contributed by atoms with Gasteiger partial charge >= 0.3 is 0 Å². The number of hydrogen-bond acceptors (Lipinski definition) is 4. The first-order valence-corrected chi connectivity index (χ1v) is 7.15. The van der Waals surface area contributed by atoms with Gasteiger partial charge in [0.2, 0.25) is 0 Å². The molecule has 0 saturated heterocycles. The molecule has 0 saturated carbocycles. The molecule has 86 valence electrons. The Kier molecular flexibility index (Phi) is 3.74. The van der Waals surface area contributed by atoms with E-state index >= 15 is 0 Å². The van der Waals surface area contributed by atoms with E-state index in [1.165, 1.54) is 9.75 Å². The first kappa shape index (κ1) is 11.8. The van der Waals surface area contributed by atoms with Crippen molar-refractivity contribution in [2.45, 2.75) is 32.7 Å². The third kappa shape index (κ3) is 2.70. The highest BCUT2D eigenvalue weighted by atomic mass is 32.1. The van der Waals surface area contributed by atoms with E-state index in [1.807, 2.05) is 0 Å². The summed E-state index contributed by atoms with van der Waals surface area (Å²) < 4.78 is 0. The van der Waals surface area contributed by atoms with Crippen LogP contribution in [0.1, 0.15) is 23.2 Å². The van der Waals surface area contributed by atoms with E-state index < -0.39 is 0 Å². The Hall–Kier alpha value is -0.710. The summed E-state index contributed by atoms with van der Waals surface area (Å²) in [7, 11) is 0. The zero-order valence-electron chi connectivity index (χ0n) is 9.56. The van der Waals surface area contributed by atoms with E-state index in [0.717, 1.165) is 23.5 Å². The zero-order chi connectivity index (χ0) is 11.5. The van der Waals surface area contributed by atoms with Crippen LogP contribution in [0.5, 0.6) is 0 Å². The minimum atomic E-state index is 0.240. The molecule has 2 aromatic rings. The number of aromatic nitrogens is 1. The molecule has 1 atom stereocenters. The van der Waals surface area contributed by atoms with Crippen LogP contribution in [0.4, 0.5) is 0 Å². The first-order valence-electron chi connectivity index (χ1n) is 5.46. The first-order chi connectivity index (χ1) is 7.69. The van der Waals surface area contributed by atoms with Crippen LogP contribution in [0.25, 0.3) is 10.6 Å². The van der Waals surface area contributed by atoms with Crippen molar-refractivity contribution in [2.75, 3.05) is 0 Å². The Bertz CT molecular complexity index is 459. The van der Waals surface area contributed by atoms with E-state index in [9.17, 15) is 0 Å². The number of nitrogens with zero attached hydrogens (tertiary/aromatic N) is 1. The van der Waals surface area contributed by atoms with Gasteiger partial charge in [-0.05, 0) is 25.5 Å². The van der Waals surface area contributed by atoms with Crippen LogP contribution in [0, 0.1) is 6.92 Å². The smallest absolute Gasteiger partial charge is 0.0948 e. The lowest BCUT2D eigenvalue weighted by molar-refractivity contribution is 0.644. The molecule has 0 fully saturated rings. The number of aryl methyl sites for hydroxylation is 1. The molecule has 0 aromatic carbocycles. The lowest BCUT2D eigenvalue weighted by Crippen LogP contribution is -2.21. The molecule has 0 spiro atoms. The number of hydrogen-bond donors (Lipinski definition) is 1. The number of nitrogens with two attached hydrogens (primary N) is 1. The lowest BCUT2D eigenvalue weighted by Gasteiger charge is -2.04. The van der Waals surface area contributed by atoms with Crippen LogP contribution < -0.4 is 5.73 Å². The highest BCUT2D eigenvalue weighted by Gasteiger charge is 2.08. The monoisotopic (exact) mass is 252 g/mol. The molecule has 2 nitrogen and oxygen atoms in total. The van der Waals surface area contributed by atoms with Gasteiger partial charge in [-0.15, -0.1) is 22.7 Å². The van der Waals surface area contributed by atoms with E-state index in [1.54, 1.807) is 22.7 Å². The van der Waals surface area contributed by atoms with Crippen molar-refractivity contribution in [3.63, 3.8) is 0 Å². The van der Waals surface area contributed by atoms with E-state index in [2.05, 4.69) is 36.3 Å². The molecule has 2 aromatic heterocycles. The fourth-order valence-corrected chi connectivity index (χ4v) is 3.25. The predicted octanol–water partition coefficient (Wildman–Crippen LogP) is 3.46. The van der Waals surface area contributed by atoms with Gasteiger partial charge in [0.15, 0.2) is 0 Å². The largest absolute Gasteiger partial charge is 0.327 e. The van der Waals surface area contributed by atoms with Gasteiger partial charge in [-0.2, -0.15) is 0 Å². The molecule has 0 aliphatic heterocycles. The Morgan fingerprint density at radius 2 is 2.25 bits per heavy atom. The molecule has 0 bridgehead atoms. The molecule has 4 heteroatoms. The van der Waals surface area contributed by atoms with Crippen LogP contribution in [-0.4, -0.2) is 11.0 Å². The normalized spacial score (nSPS) is 12.9. The van der Waals surface area contributed by atoms with Crippen LogP contribution in [0.15, 0.2) is 17.5 Å². The zero-order valence-corrected chi connectivity index (χ0v) is 11.2. The summed E-state index contributed by atoms with van der Waals surface area (Å²) in [5.74, 6) is 0. The van der Waals surface area contributed by atoms with Gasteiger partial charge in [-0.3, -0.25) is 0 Å². The average Bonchev–Trinajstić information content (AvgIpc) is 2.87. The Balaban J connectivity index is 2.13. The van der Waals surface area contributed by atoms with Crippen LogP contribution in [0.3, 0.4) is 0 Å². The lowest BCUT2D eigenvalue weighted by atomic mass is 10.2. The van der Waals surface area contributed by atoms with Crippen molar-refractivity contribution in [3.8, 4) is 10.6 Å². The summed E-state index contributed by atoms with van der Waals surface area (Å²) >= 11 is 3.50. The fraction of sp³-hybridized carbons (Fsp3) is 0.417. The highest BCUT2D eigenvalue weighted by molar-refractivity contribution is 7.16. The van der Waals surface area contributed by atoms with Gasteiger partial charge in [-0.25, -0.2) is 4.98 Å². The van der Waals surface area contributed by atoms with Gasteiger partial charge in [0.1, 0.15) is 0 Å². The maximum absolute atomic E-state index is 5.93. The quantitative estimate of drug-likeness (QED) is 0.905. The van der Waals surface area contributed by atoms with Gasteiger partial charge in [0, 0.05) is 22.7 Å². The SMILES string of the molecule is CCC(N)Cc1nc(-c2ccc(C)s2)cs1. The minimum Gasteiger partial charge on any atom is -0.327 e. The van der Waals surface area contributed by atoms with Crippen molar-refractivity contribution in [1.82, 2.24) is 4.98 Å². The molecule has 0 radical (unpaired) electrons. The summed E-state index contributed by atoms with van der Waals surface area (Å²) in [4.78, 5) is 7.21. The molecule has 2 heterocycles. The van der Waals surface area contributed by atoms with Crippen LogP contribution in [-0.2, 0) is 6.42 Å². The number of thiazole rings is 1. The van der Waals surface area contributed by atoms with Gasteiger partial charge in [0.05, 0.1) is 15.6 Å². The van der Waals surface area contributed by atoms with Crippen molar-refractivity contribution < 1.29 is 0 Å². The van der Waals surface area contributed by atoms with Gasteiger partial charge in [-0.1, -0.05) is 6.92 Å². The fourth-order valence-electron chi connectivity index (χ4n) is 1.46. The second kappa shape index (κ2) is 5.08. The van der Waals surface area contributed by atoms with Crippen molar-refractivity contribution in [1.29, 1.82) is 0 Å². The average molecular weight is 252 g/mol. The molecule has 2 N–H and O–H groups in total. The van der Waals surface area contributed by atoms with Crippen molar-refractivity contribution in [2.24, 2.45) is 5.73 Å². The maximum atomic E-state index is 5.93. The second-order valence-corrected chi connectivity index (χ2v) is 6.14. The van der Waals surface area contributed by atoms with Crippen molar-refractivity contribution >= 4 is 22.7 Å². The topological polar surface area (TPSA) is 38.9 Å². The molecule has 16 heavy (non-hydrogen) atoms.